The average molecular weight is 359 g/mol. The summed E-state index contributed by atoms with van der Waals surface area (Å²) >= 11 is 0. The molecular weight excluding hydrogens is 346 g/mol. The van der Waals surface area contributed by atoms with E-state index in [1.807, 2.05) is 30.3 Å². The van der Waals surface area contributed by atoms with Gasteiger partial charge in [0.15, 0.2) is 5.56 Å². The maximum absolute atomic E-state index is 12.7. The maximum atomic E-state index is 12.7. The lowest BCUT2D eigenvalue weighted by atomic mass is 10.0. The number of nitrogens with zero attached hydrogens (tertiary/aromatic N) is 2. The minimum Gasteiger partial charge on any atom is -0.477 e. The molecule has 27 heavy (non-hydrogen) atoms. The van der Waals surface area contributed by atoms with Crippen LogP contribution in [0.3, 0.4) is 0 Å². The first kappa shape index (κ1) is 16.5. The predicted octanol–water partition coefficient (Wildman–Crippen LogP) is 3.84. The molecule has 0 atom stereocenters. The molecular formula is C20H13N3O4. The van der Waals surface area contributed by atoms with Gasteiger partial charge in [-0.3, -0.25) is 15.1 Å². The normalized spacial score (nSPS) is 10.7. The number of carboxylic acid groups (broad SMARTS) is 1. The molecule has 7 nitrogen and oxygen atoms in total. The molecule has 0 radical (unpaired) electrons. The van der Waals surface area contributed by atoms with Gasteiger partial charge in [-0.05, 0) is 29.0 Å². The lowest BCUT2D eigenvalue weighted by Crippen LogP contribution is -2.14. The molecule has 2 aromatic carbocycles. The summed E-state index contributed by atoms with van der Waals surface area (Å²) in [6, 6.07) is 16.0. The summed E-state index contributed by atoms with van der Waals surface area (Å²) in [6.45, 7) is 0. The molecule has 0 aliphatic rings. The minimum absolute atomic E-state index is 0.123. The highest BCUT2D eigenvalue weighted by Gasteiger charge is 2.25. The van der Waals surface area contributed by atoms with Crippen LogP contribution in [-0.2, 0) is 0 Å². The van der Waals surface area contributed by atoms with Crippen LogP contribution in [0.4, 0.5) is 5.88 Å². The van der Waals surface area contributed by atoms with E-state index in [9.17, 15) is 14.7 Å². The van der Waals surface area contributed by atoms with Gasteiger partial charge in [0.05, 0.1) is 0 Å². The van der Waals surface area contributed by atoms with Gasteiger partial charge in [-0.1, -0.05) is 41.6 Å². The smallest absolute Gasteiger partial charge is 0.343 e. The van der Waals surface area contributed by atoms with Crippen LogP contribution in [0.15, 0.2) is 71.5 Å². The number of amides is 1. The van der Waals surface area contributed by atoms with Crippen molar-refractivity contribution in [1.29, 1.82) is 0 Å². The summed E-state index contributed by atoms with van der Waals surface area (Å²) in [6.07, 6.45) is 3.04. The predicted molar refractivity (Wildman–Crippen MR) is 98.6 cm³/mol. The number of benzene rings is 2. The van der Waals surface area contributed by atoms with Crippen molar-refractivity contribution >= 4 is 28.5 Å². The van der Waals surface area contributed by atoms with Crippen molar-refractivity contribution in [2.75, 3.05) is 5.32 Å². The van der Waals surface area contributed by atoms with Crippen molar-refractivity contribution < 1.29 is 19.2 Å². The molecule has 2 aromatic heterocycles. The number of anilines is 1. The molecule has 0 unspecified atom stereocenters. The van der Waals surface area contributed by atoms with Crippen molar-refractivity contribution in [2.45, 2.75) is 0 Å². The van der Waals surface area contributed by atoms with Crippen LogP contribution in [0.25, 0.3) is 22.0 Å². The maximum Gasteiger partial charge on any atom is 0.343 e. The Morgan fingerprint density at radius 1 is 0.963 bits per heavy atom. The number of nitrogens with one attached hydrogen (secondary N) is 1. The first-order valence-corrected chi connectivity index (χ1v) is 8.07. The van der Waals surface area contributed by atoms with Crippen molar-refractivity contribution in [3.05, 3.63) is 78.1 Å². The third-order valence-electron chi connectivity index (χ3n) is 4.12. The van der Waals surface area contributed by atoms with Gasteiger partial charge >= 0.3 is 5.97 Å². The molecule has 4 aromatic rings. The Balaban J connectivity index is 1.73. The van der Waals surface area contributed by atoms with Gasteiger partial charge in [0.25, 0.3) is 5.91 Å². The van der Waals surface area contributed by atoms with Crippen molar-refractivity contribution in [3.8, 4) is 11.3 Å². The fraction of sp³-hybridized carbons (Fsp3) is 0. The number of fused-ring (bicyclic) bond motifs is 1. The van der Waals surface area contributed by atoms with Crippen LogP contribution in [-0.4, -0.2) is 27.1 Å². The lowest BCUT2D eigenvalue weighted by molar-refractivity contribution is 0.0698. The number of carbonyl (C=O) groups is 2. The van der Waals surface area contributed by atoms with Gasteiger partial charge in [-0.25, -0.2) is 4.79 Å². The number of hydrogen-bond donors (Lipinski definition) is 2. The summed E-state index contributed by atoms with van der Waals surface area (Å²) in [5.74, 6) is -1.95. The van der Waals surface area contributed by atoms with Crippen LogP contribution in [0, 0.1) is 0 Å². The molecule has 7 heteroatoms. The molecule has 132 valence electrons. The minimum atomic E-state index is -1.25. The molecule has 0 bridgehead atoms. The second-order valence-corrected chi connectivity index (χ2v) is 5.76. The van der Waals surface area contributed by atoms with Crippen molar-refractivity contribution in [3.63, 3.8) is 0 Å². The molecule has 4 rings (SSSR count). The molecule has 0 fully saturated rings. The quantitative estimate of drug-likeness (QED) is 0.573. The number of carboxylic acids is 1. The highest BCUT2D eigenvalue weighted by atomic mass is 16.5. The number of aromatic nitrogens is 2. The largest absolute Gasteiger partial charge is 0.477 e. The summed E-state index contributed by atoms with van der Waals surface area (Å²) in [5.41, 5.74) is 0.844. The second-order valence-electron chi connectivity index (χ2n) is 5.76. The fourth-order valence-electron chi connectivity index (χ4n) is 2.87. The van der Waals surface area contributed by atoms with Gasteiger partial charge in [-0.2, -0.15) is 0 Å². The van der Waals surface area contributed by atoms with Gasteiger partial charge in [0.1, 0.15) is 5.69 Å². The molecule has 2 N–H and O–H groups in total. The Hall–Kier alpha value is -4.00. The molecule has 1 amide bonds. The van der Waals surface area contributed by atoms with E-state index in [2.05, 4.69) is 15.5 Å². The van der Waals surface area contributed by atoms with Crippen LogP contribution in [0.2, 0.25) is 0 Å². The van der Waals surface area contributed by atoms with Crippen LogP contribution < -0.4 is 5.32 Å². The van der Waals surface area contributed by atoms with E-state index < -0.39 is 11.9 Å². The van der Waals surface area contributed by atoms with Gasteiger partial charge < -0.3 is 9.63 Å². The Labute approximate surface area is 153 Å². The zero-order valence-electron chi connectivity index (χ0n) is 13.9. The zero-order valence-corrected chi connectivity index (χ0v) is 13.9. The van der Waals surface area contributed by atoms with E-state index in [0.717, 1.165) is 10.8 Å². The Kier molecular flexibility index (Phi) is 4.10. The number of carbonyl (C=O) groups excluding carboxylic acids is 1. The summed E-state index contributed by atoms with van der Waals surface area (Å²) in [7, 11) is 0. The van der Waals surface area contributed by atoms with E-state index in [1.165, 1.54) is 12.4 Å². The van der Waals surface area contributed by atoms with Crippen LogP contribution >= 0.6 is 0 Å². The van der Waals surface area contributed by atoms with E-state index in [-0.39, 0.29) is 17.1 Å². The summed E-state index contributed by atoms with van der Waals surface area (Å²) in [4.78, 5) is 28.4. The molecule has 2 heterocycles. The molecule has 0 spiro atoms. The molecule has 0 aliphatic carbocycles. The number of aromatic carboxylic acids is 1. The Morgan fingerprint density at radius 3 is 2.48 bits per heavy atom. The topological polar surface area (TPSA) is 105 Å². The van der Waals surface area contributed by atoms with Gasteiger partial charge in [0, 0.05) is 23.5 Å². The number of pyridine rings is 1. The van der Waals surface area contributed by atoms with Crippen LogP contribution in [0.1, 0.15) is 20.7 Å². The van der Waals surface area contributed by atoms with Gasteiger partial charge in [0.2, 0.25) is 5.88 Å². The van der Waals surface area contributed by atoms with E-state index in [0.29, 0.717) is 11.1 Å². The highest BCUT2D eigenvalue weighted by molar-refractivity contribution is 6.14. The molecule has 0 saturated heterocycles. The SMILES string of the molecule is O=C(O)c1c(-c2ccncc2)noc1NC(=O)c1cccc2ccccc12. The van der Waals surface area contributed by atoms with Crippen molar-refractivity contribution in [1.82, 2.24) is 10.1 Å². The molecule has 0 saturated carbocycles. The first-order chi connectivity index (χ1) is 13.1. The second kappa shape index (κ2) is 6.72. The van der Waals surface area contributed by atoms with E-state index in [1.54, 1.807) is 24.3 Å². The summed E-state index contributed by atoms with van der Waals surface area (Å²) in [5, 5.41) is 17.6. The monoisotopic (exact) mass is 359 g/mol. The van der Waals surface area contributed by atoms with Gasteiger partial charge in [-0.15, -0.1) is 0 Å². The first-order valence-electron chi connectivity index (χ1n) is 8.07. The number of rotatable bonds is 4. The summed E-state index contributed by atoms with van der Waals surface area (Å²) < 4.78 is 5.13. The average Bonchev–Trinajstić information content (AvgIpc) is 3.12. The van der Waals surface area contributed by atoms with Crippen LogP contribution in [0.5, 0.6) is 0 Å². The third kappa shape index (κ3) is 3.02. The van der Waals surface area contributed by atoms with Crippen molar-refractivity contribution in [2.24, 2.45) is 0 Å². The third-order valence-corrected chi connectivity index (χ3v) is 4.12. The Bertz CT molecular complexity index is 1150. The lowest BCUT2D eigenvalue weighted by Gasteiger charge is -2.06. The standard InChI is InChI=1S/C20H13N3O4/c24-18(15-7-3-5-12-4-1-2-6-14(12)15)22-19-16(20(25)26)17(23-27-19)13-8-10-21-11-9-13/h1-11H,(H,22,24)(H,25,26). The van der Waals surface area contributed by atoms with E-state index in [4.69, 9.17) is 4.52 Å². The molecule has 0 aliphatic heterocycles. The Morgan fingerprint density at radius 2 is 1.70 bits per heavy atom. The van der Waals surface area contributed by atoms with E-state index >= 15 is 0 Å². The fourth-order valence-corrected chi connectivity index (χ4v) is 2.87. The number of hydrogen-bond acceptors (Lipinski definition) is 5. The zero-order chi connectivity index (χ0) is 18.8. The highest BCUT2D eigenvalue weighted by Crippen LogP contribution is 2.29.